The first kappa shape index (κ1) is 23.7. The van der Waals surface area contributed by atoms with Crippen LogP contribution in [0.5, 0.6) is 0 Å². The predicted molar refractivity (Wildman–Crippen MR) is 124 cm³/mol. The Morgan fingerprint density at radius 1 is 1.37 bits per heavy atom. The summed E-state index contributed by atoms with van der Waals surface area (Å²) in [4.78, 5) is 21.0. The lowest BCUT2D eigenvalue weighted by atomic mass is 10.0. The van der Waals surface area contributed by atoms with E-state index in [0.29, 0.717) is 19.0 Å². The number of hydrogen-bond donors (Lipinski definition) is 2. The van der Waals surface area contributed by atoms with E-state index in [1.165, 1.54) is 12.8 Å². The van der Waals surface area contributed by atoms with E-state index in [1.807, 2.05) is 43.3 Å². The molecule has 1 saturated heterocycles. The van der Waals surface area contributed by atoms with Gasteiger partial charge >= 0.3 is 0 Å². The molecule has 1 heterocycles. The Balaban J connectivity index is 0.00000364. The van der Waals surface area contributed by atoms with Crippen molar-refractivity contribution >= 4 is 41.5 Å². The number of nitrogens with zero attached hydrogens (tertiary/aromatic N) is 3. The van der Waals surface area contributed by atoms with Crippen molar-refractivity contribution in [2.24, 2.45) is 10.9 Å². The number of likely N-dealkylation sites (N-methyl/N-ethyl adjacent to an activating group) is 1. The van der Waals surface area contributed by atoms with Crippen LogP contribution >= 0.6 is 24.0 Å². The third-order valence-corrected chi connectivity index (χ3v) is 4.37. The minimum atomic E-state index is -0.00806. The maximum atomic E-state index is 11.9. The third-order valence-electron chi connectivity index (χ3n) is 4.37. The van der Waals surface area contributed by atoms with Crippen molar-refractivity contribution in [3.05, 3.63) is 29.8 Å². The summed E-state index contributed by atoms with van der Waals surface area (Å²) in [5.41, 5.74) is 1.91. The molecule has 1 aromatic carbocycles. The summed E-state index contributed by atoms with van der Waals surface area (Å²) in [6.07, 6.45) is 2.52. The van der Waals surface area contributed by atoms with Gasteiger partial charge in [-0.1, -0.05) is 19.1 Å². The van der Waals surface area contributed by atoms with E-state index >= 15 is 0 Å². The average Bonchev–Trinajstić information content (AvgIpc) is 2.58. The molecule has 1 unspecified atom stereocenters. The number of benzene rings is 1. The monoisotopic (exact) mass is 487 g/mol. The molecule has 0 radical (unpaired) electrons. The highest BCUT2D eigenvalue weighted by atomic mass is 127. The first-order valence-corrected chi connectivity index (χ1v) is 9.54. The molecule has 6 nitrogen and oxygen atoms in total. The van der Waals surface area contributed by atoms with Gasteiger partial charge in [-0.25, -0.2) is 4.99 Å². The molecular formula is C20H34IN5O. The molecule has 152 valence electrons. The van der Waals surface area contributed by atoms with Gasteiger partial charge in [0.05, 0.1) is 13.1 Å². The largest absolute Gasteiger partial charge is 0.357 e. The number of rotatable bonds is 6. The summed E-state index contributed by atoms with van der Waals surface area (Å²) in [5, 5.41) is 6.35. The highest BCUT2D eigenvalue weighted by Crippen LogP contribution is 2.16. The fourth-order valence-electron chi connectivity index (χ4n) is 3.21. The second-order valence-electron chi connectivity index (χ2n) is 7.35. The zero-order chi connectivity index (χ0) is 18.9. The topological polar surface area (TPSA) is 60.0 Å². The van der Waals surface area contributed by atoms with Crippen molar-refractivity contribution in [3.8, 4) is 0 Å². The molecule has 1 aliphatic heterocycles. The van der Waals surface area contributed by atoms with Crippen molar-refractivity contribution in [2.75, 3.05) is 45.6 Å². The van der Waals surface area contributed by atoms with Crippen LogP contribution in [0.25, 0.3) is 0 Å². The van der Waals surface area contributed by atoms with Gasteiger partial charge in [0.15, 0.2) is 5.96 Å². The molecular weight excluding hydrogens is 453 g/mol. The number of nitrogens with one attached hydrogen (secondary N) is 2. The Labute approximate surface area is 180 Å². The van der Waals surface area contributed by atoms with Gasteiger partial charge in [-0.2, -0.15) is 0 Å². The second-order valence-corrected chi connectivity index (χ2v) is 7.35. The molecule has 1 amide bonds. The quantitative estimate of drug-likeness (QED) is 0.368. The maximum absolute atomic E-state index is 11.9. The van der Waals surface area contributed by atoms with Gasteiger partial charge in [-0.05, 0) is 57.5 Å². The minimum Gasteiger partial charge on any atom is -0.357 e. The van der Waals surface area contributed by atoms with Crippen LogP contribution < -0.4 is 10.6 Å². The summed E-state index contributed by atoms with van der Waals surface area (Å²) in [5.74, 6) is 1.69. The summed E-state index contributed by atoms with van der Waals surface area (Å²) in [6, 6.07) is 7.93. The number of likely N-dealkylation sites (tertiary alicyclic amines) is 1. The molecule has 1 atom stereocenters. The van der Waals surface area contributed by atoms with E-state index < -0.39 is 0 Å². The minimum absolute atomic E-state index is 0. The molecule has 27 heavy (non-hydrogen) atoms. The molecule has 0 spiro atoms. The Kier molecular flexibility index (Phi) is 10.7. The molecule has 7 heteroatoms. The first-order chi connectivity index (χ1) is 12.5. The van der Waals surface area contributed by atoms with Gasteiger partial charge in [0, 0.05) is 25.3 Å². The smallest absolute Gasteiger partial charge is 0.238 e. The highest BCUT2D eigenvalue weighted by Gasteiger charge is 2.19. The van der Waals surface area contributed by atoms with Gasteiger partial charge < -0.3 is 20.4 Å². The van der Waals surface area contributed by atoms with Crippen LogP contribution in [-0.2, 0) is 11.3 Å². The van der Waals surface area contributed by atoms with E-state index in [1.54, 1.807) is 0 Å². The molecule has 0 saturated carbocycles. The Morgan fingerprint density at radius 3 is 2.81 bits per heavy atom. The summed E-state index contributed by atoms with van der Waals surface area (Å²) in [7, 11) is 3.77. The number of halogens is 1. The Hall–Kier alpha value is -1.35. The number of guanidine groups is 1. The molecule has 1 aromatic rings. The third kappa shape index (κ3) is 8.47. The first-order valence-electron chi connectivity index (χ1n) is 9.54. The van der Waals surface area contributed by atoms with E-state index in [2.05, 4.69) is 29.4 Å². The van der Waals surface area contributed by atoms with Crippen LogP contribution in [0.2, 0.25) is 0 Å². The fraction of sp³-hybridized carbons (Fsp3) is 0.600. The van der Waals surface area contributed by atoms with Gasteiger partial charge in [0.25, 0.3) is 0 Å². The average molecular weight is 487 g/mol. The van der Waals surface area contributed by atoms with Crippen LogP contribution in [-0.4, -0.2) is 61.9 Å². The molecule has 1 aliphatic rings. The van der Waals surface area contributed by atoms with Crippen LogP contribution in [0.1, 0.15) is 32.3 Å². The second kappa shape index (κ2) is 12.2. The van der Waals surface area contributed by atoms with Gasteiger partial charge in [0.1, 0.15) is 0 Å². The van der Waals surface area contributed by atoms with Crippen molar-refractivity contribution in [1.29, 1.82) is 0 Å². The predicted octanol–water partition coefficient (Wildman–Crippen LogP) is 3.00. The van der Waals surface area contributed by atoms with Crippen molar-refractivity contribution in [3.63, 3.8) is 0 Å². The lowest BCUT2D eigenvalue weighted by Gasteiger charge is -2.33. The zero-order valence-electron chi connectivity index (χ0n) is 17.0. The number of piperidine rings is 1. The van der Waals surface area contributed by atoms with Gasteiger partial charge in [-0.15, -0.1) is 24.0 Å². The van der Waals surface area contributed by atoms with Gasteiger partial charge in [-0.3, -0.25) is 4.79 Å². The molecule has 0 aromatic heterocycles. The van der Waals surface area contributed by atoms with Crippen molar-refractivity contribution < 1.29 is 4.79 Å². The number of hydrogen-bond acceptors (Lipinski definition) is 3. The molecule has 2 rings (SSSR count). The highest BCUT2D eigenvalue weighted by molar-refractivity contribution is 14.0. The molecule has 0 bridgehead atoms. The summed E-state index contributed by atoms with van der Waals surface area (Å²) in [6.45, 7) is 8.37. The fourth-order valence-corrected chi connectivity index (χ4v) is 3.21. The van der Waals surface area contributed by atoms with Crippen LogP contribution in [0.3, 0.4) is 0 Å². The number of carbonyl (C=O) groups excluding carboxylic acids is 1. The van der Waals surface area contributed by atoms with E-state index in [4.69, 9.17) is 4.99 Å². The normalized spacial score (nSPS) is 17.4. The van der Waals surface area contributed by atoms with Crippen LogP contribution in [0, 0.1) is 5.92 Å². The Bertz CT molecular complexity index is 620. The van der Waals surface area contributed by atoms with Crippen LogP contribution in [0.4, 0.5) is 5.69 Å². The Morgan fingerprint density at radius 2 is 2.15 bits per heavy atom. The SMILES string of the molecule is CCNC(=NCc1cccc(NC(=O)CN(C)C)c1)N1CCCC(C)C1.I. The van der Waals surface area contributed by atoms with E-state index in [-0.39, 0.29) is 29.9 Å². The van der Waals surface area contributed by atoms with E-state index in [9.17, 15) is 4.79 Å². The van der Waals surface area contributed by atoms with Gasteiger partial charge in [0.2, 0.25) is 5.91 Å². The van der Waals surface area contributed by atoms with Crippen molar-refractivity contribution in [2.45, 2.75) is 33.2 Å². The lowest BCUT2D eigenvalue weighted by molar-refractivity contribution is -0.116. The standard InChI is InChI=1S/C20H33N5O.HI/c1-5-21-20(25-11-7-8-16(2)14-25)22-13-17-9-6-10-18(12-17)23-19(26)15-24(3)4;/h6,9-10,12,16H,5,7-8,11,13-15H2,1-4H3,(H,21,22)(H,23,26);1H. The maximum Gasteiger partial charge on any atom is 0.238 e. The lowest BCUT2D eigenvalue weighted by Crippen LogP contribution is -2.46. The number of aliphatic imine (C=N–C) groups is 1. The van der Waals surface area contributed by atoms with Crippen molar-refractivity contribution in [1.82, 2.24) is 15.1 Å². The summed E-state index contributed by atoms with van der Waals surface area (Å²) >= 11 is 0. The van der Waals surface area contributed by atoms with E-state index in [0.717, 1.165) is 36.8 Å². The van der Waals surface area contributed by atoms with Crippen LogP contribution in [0.15, 0.2) is 29.3 Å². The zero-order valence-corrected chi connectivity index (χ0v) is 19.3. The number of carbonyl (C=O) groups is 1. The summed E-state index contributed by atoms with van der Waals surface area (Å²) < 4.78 is 0. The molecule has 2 N–H and O–H groups in total. The number of anilines is 1. The molecule has 0 aliphatic carbocycles. The number of amides is 1. The molecule has 1 fully saturated rings.